The highest BCUT2D eigenvalue weighted by Gasteiger charge is 2.24. The summed E-state index contributed by atoms with van der Waals surface area (Å²) in [5, 5.41) is 32.2. The van der Waals surface area contributed by atoms with Crippen molar-refractivity contribution in [3.05, 3.63) is 17.7 Å². The third-order valence-corrected chi connectivity index (χ3v) is 3.50. The van der Waals surface area contributed by atoms with Crippen molar-refractivity contribution in [2.45, 2.75) is 19.4 Å². The van der Waals surface area contributed by atoms with E-state index in [1.807, 2.05) is 0 Å². The smallest absolute Gasteiger partial charge is 0.200 e. The van der Waals surface area contributed by atoms with Crippen LogP contribution in [0.15, 0.2) is 12.1 Å². The van der Waals surface area contributed by atoms with Crippen LogP contribution in [0.25, 0.3) is 0 Å². The summed E-state index contributed by atoms with van der Waals surface area (Å²) in [5.74, 6) is -0.923. The number of piperazine rings is 1. The molecule has 1 aromatic rings. The number of nitrogens with one attached hydrogen (secondary N) is 1. The summed E-state index contributed by atoms with van der Waals surface area (Å²) >= 11 is 0. The molecule has 1 aliphatic rings. The van der Waals surface area contributed by atoms with Gasteiger partial charge in [0.15, 0.2) is 11.5 Å². The minimum atomic E-state index is -0.430. The van der Waals surface area contributed by atoms with Crippen LogP contribution >= 0.6 is 24.8 Å². The molecule has 2 rings (SSSR count). The number of phenolic OH excluding ortho intramolecular Hbond substituents is 3. The van der Waals surface area contributed by atoms with E-state index in [-0.39, 0.29) is 42.4 Å². The number of aromatic hydroxyl groups is 3. The lowest BCUT2D eigenvalue weighted by Gasteiger charge is -2.35. The lowest BCUT2D eigenvalue weighted by atomic mass is 10.00. The Hall–Kier alpha value is -0.880. The van der Waals surface area contributed by atoms with Gasteiger partial charge in [0.2, 0.25) is 5.75 Å². The van der Waals surface area contributed by atoms with E-state index in [0.29, 0.717) is 5.56 Å². The lowest BCUT2D eigenvalue weighted by molar-refractivity contribution is 0.166. The van der Waals surface area contributed by atoms with Gasteiger partial charge in [-0.05, 0) is 18.6 Å². The molecule has 1 heterocycles. The summed E-state index contributed by atoms with van der Waals surface area (Å²) in [6, 6.07) is 3.18. The molecule has 0 aliphatic carbocycles. The van der Waals surface area contributed by atoms with Gasteiger partial charge in [-0.3, -0.25) is 4.90 Å². The van der Waals surface area contributed by atoms with Crippen molar-refractivity contribution in [3.8, 4) is 17.2 Å². The molecule has 5 nitrogen and oxygen atoms in total. The van der Waals surface area contributed by atoms with Crippen LogP contribution < -0.4 is 5.32 Å². The number of phenols is 3. The van der Waals surface area contributed by atoms with E-state index in [0.717, 1.165) is 32.6 Å². The zero-order valence-electron chi connectivity index (χ0n) is 11.4. The molecule has 116 valence electrons. The van der Waals surface area contributed by atoms with Crippen LogP contribution in [0.3, 0.4) is 0 Å². The maximum Gasteiger partial charge on any atom is 0.200 e. The first-order chi connectivity index (χ1) is 8.65. The summed E-state index contributed by atoms with van der Waals surface area (Å²) in [5.41, 5.74) is 0.676. The fourth-order valence-corrected chi connectivity index (χ4v) is 2.52. The van der Waals surface area contributed by atoms with Crippen molar-refractivity contribution in [1.82, 2.24) is 10.2 Å². The fraction of sp³-hybridized carbons (Fsp3) is 0.538. The maximum absolute atomic E-state index is 9.96. The number of benzene rings is 1. The highest BCUT2D eigenvalue weighted by atomic mass is 35.5. The van der Waals surface area contributed by atoms with E-state index >= 15 is 0 Å². The van der Waals surface area contributed by atoms with Crippen molar-refractivity contribution in [3.63, 3.8) is 0 Å². The van der Waals surface area contributed by atoms with Gasteiger partial charge in [0.1, 0.15) is 0 Å². The van der Waals surface area contributed by atoms with E-state index in [4.69, 9.17) is 0 Å². The van der Waals surface area contributed by atoms with Crippen molar-refractivity contribution >= 4 is 24.8 Å². The Labute approximate surface area is 131 Å². The molecule has 1 fully saturated rings. The molecule has 0 amide bonds. The van der Waals surface area contributed by atoms with Gasteiger partial charge in [0.05, 0.1) is 0 Å². The SMILES string of the molecule is CC[C@@H](c1ccc(O)c(O)c1O)N1CCNCC1.Cl.Cl. The first-order valence-corrected chi connectivity index (χ1v) is 6.33. The molecule has 0 saturated carbocycles. The number of rotatable bonds is 3. The van der Waals surface area contributed by atoms with E-state index in [9.17, 15) is 15.3 Å². The Balaban J connectivity index is 0.00000180. The van der Waals surface area contributed by atoms with Gasteiger partial charge in [0, 0.05) is 37.8 Å². The lowest BCUT2D eigenvalue weighted by Crippen LogP contribution is -2.45. The first-order valence-electron chi connectivity index (χ1n) is 6.33. The molecule has 0 aromatic heterocycles. The number of hydrogen-bond donors (Lipinski definition) is 4. The molecular weight excluding hydrogens is 303 g/mol. The minimum absolute atomic E-state index is 0. The van der Waals surface area contributed by atoms with Crippen LogP contribution in [0.4, 0.5) is 0 Å². The van der Waals surface area contributed by atoms with Gasteiger partial charge in [-0.2, -0.15) is 0 Å². The molecule has 1 saturated heterocycles. The second-order valence-electron chi connectivity index (χ2n) is 4.58. The molecule has 1 atom stereocenters. The van der Waals surface area contributed by atoms with Crippen molar-refractivity contribution < 1.29 is 15.3 Å². The van der Waals surface area contributed by atoms with Gasteiger partial charge >= 0.3 is 0 Å². The van der Waals surface area contributed by atoms with Crippen LogP contribution in [0.1, 0.15) is 24.9 Å². The topological polar surface area (TPSA) is 76.0 Å². The van der Waals surface area contributed by atoms with Crippen molar-refractivity contribution in [2.24, 2.45) is 0 Å². The Morgan fingerprint density at radius 3 is 2.25 bits per heavy atom. The molecule has 1 aromatic carbocycles. The molecule has 0 spiro atoms. The standard InChI is InChI=1S/C13H20N2O3.2ClH/c1-2-10(15-7-5-14-6-8-15)9-3-4-11(16)13(18)12(9)17;;/h3-4,10,14,16-18H,2,5-8H2,1H3;2*1H/t10-;;/m0../s1. The minimum Gasteiger partial charge on any atom is -0.504 e. The van der Waals surface area contributed by atoms with E-state index < -0.39 is 5.75 Å². The molecule has 0 radical (unpaired) electrons. The molecule has 4 N–H and O–H groups in total. The summed E-state index contributed by atoms with van der Waals surface area (Å²) < 4.78 is 0. The highest BCUT2D eigenvalue weighted by molar-refractivity contribution is 5.85. The first kappa shape index (κ1) is 19.1. The van der Waals surface area contributed by atoms with E-state index in [1.54, 1.807) is 6.07 Å². The number of hydrogen-bond acceptors (Lipinski definition) is 5. The second-order valence-corrected chi connectivity index (χ2v) is 4.58. The maximum atomic E-state index is 9.96. The van der Waals surface area contributed by atoms with Crippen LogP contribution in [-0.4, -0.2) is 46.4 Å². The zero-order valence-corrected chi connectivity index (χ0v) is 13.0. The second kappa shape index (κ2) is 8.42. The van der Waals surface area contributed by atoms with Crippen LogP contribution in [0.2, 0.25) is 0 Å². The third kappa shape index (κ3) is 3.82. The predicted octanol–water partition coefficient (Wildman–Crippen LogP) is 2.00. The zero-order chi connectivity index (χ0) is 13.1. The molecule has 20 heavy (non-hydrogen) atoms. The third-order valence-electron chi connectivity index (χ3n) is 3.50. The molecule has 1 aliphatic heterocycles. The fourth-order valence-electron chi connectivity index (χ4n) is 2.52. The van der Waals surface area contributed by atoms with E-state index in [2.05, 4.69) is 17.1 Å². The summed E-state index contributed by atoms with van der Waals surface area (Å²) in [7, 11) is 0. The Kier molecular flexibility index (Phi) is 8.05. The Morgan fingerprint density at radius 1 is 1.10 bits per heavy atom. The summed E-state index contributed by atoms with van der Waals surface area (Å²) in [4.78, 5) is 2.28. The molecule has 0 bridgehead atoms. The quantitative estimate of drug-likeness (QED) is 0.640. The Bertz CT molecular complexity index is 426. The van der Waals surface area contributed by atoms with Crippen LogP contribution in [-0.2, 0) is 0 Å². The molecule has 7 heteroatoms. The number of nitrogens with zero attached hydrogens (tertiary/aromatic N) is 1. The van der Waals surface area contributed by atoms with Gasteiger partial charge < -0.3 is 20.6 Å². The highest BCUT2D eigenvalue weighted by Crippen LogP contribution is 2.42. The largest absolute Gasteiger partial charge is 0.504 e. The summed E-state index contributed by atoms with van der Waals surface area (Å²) in [6.45, 7) is 5.75. The van der Waals surface area contributed by atoms with Crippen LogP contribution in [0, 0.1) is 0 Å². The van der Waals surface area contributed by atoms with Gasteiger partial charge in [0.25, 0.3) is 0 Å². The van der Waals surface area contributed by atoms with Crippen molar-refractivity contribution in [2.75, 3.05) is 26.2 Å². The normalized spacial score (nSPS) is 16.9. The van der Waals surface area contributed by atoms with Gasteiger partial charge in [-0.1, -0.05) is 6.92 Å². The average molecular weight is 325 g/mol. The Morgan fingerprint density at radius 2 is 1.70 bits per heavy atom. The summed E-state index contributed by atoms with van der Waals surface area (Å²) in [6.07, 6.45) is 0.845. The molecular formula is C13H22Cl2N2O3. The number of halogens is 2. The van der Waals surface area contributed by atoms with E-state index in [1.165, 1.54) is 6.07 Å². The van der Waals surface area contributed by atoms with Crippen LogP contribution in [0.5, 0.6) is 17.2 Å². The average Bonchev–Trinajstić information content (AvgIpc) is 2.41. The monoisotopic (exact) mass is 324 g/mol. The van der Waals surface area contributed by atoms with Gasteiger partial charge in [-0.15, -0.1) is 24.8 Å². The molecule has 0 unspecified atom stereocenters. The van der Waals surface area contributed by atoms with Crippen molar-refractivity contribution in [1.29, 1.82) is 0 Å². The van der Waals surface area contributed by atoms with Gasteiger partial charge in [-0.25, -0.2) is 0 Å². The predicted molar refractivity (Wildman–Crippen MR) is 83.4 cm³/mol.